The normalized spacial score (nSPS) is 23.2. The molecule has 38 heavy (non-hydrogen) atoms. The van der Waals surface area contributed by atoms with Crippen LogP contribution in [-0.4, -0.2) is 70.5 Å². The zero-order valence-corrected chi connectivity index (χ0v) is 21.9. The van der Waals surface area contributed by atoms with E-state index in [-0.39, 0.29) is 35.8 Å². The quantitative estimate of drug-likeness (QED) is 0.532. The number of fused-ring (bicyclic) bond motifs is 2. The highest BCUT2D eigenvalue weighted by atomic mass is 19.4. The van der Waals surface area contributed by atoms with Gasteiger partial charge in [-0.3, -0.25) is 23.6 Å². The van der Waals surface area contributed by atoms with E-state index in [1.54, 1.807) is 27.7 Å². The largest absolute Gasteiger partial charge is 0.493 e. The predicted molar refractivity (Wildman–Crippen MR) is 131 cm³/mol. The summed E-state index contributed by atoms with van der Waals surface area (Å²) in [7, 11) is 1.25. The van der Waals surface area contributed by atoms with Gasteiger partial charge in [-0.15, -0.1) is 11.0 Å². The number of likely N-dealkylation sites (tertiary alicyclic amines) is 1. The molecule has 1 N–H and O–H groups in total. The number of ketones is 1. The minimum Gasteiger partial charge on any atom is -0.327 e. The summed E-state index contributed by atoms with van der Waals surface area (Å²) in [5, 5.41) is 3.96. The van der Waals surface area contributed by atoms with Gasteiger partial charge in [0.25, 0.3) is 5.56 Å². The molecule has 2 fully saturated rings. The number of nitrogens with one attached hydrogen (secondary N) is 1. The molecule has 11 nitrogen and oxygen atoms in total. The molecule has 3 atom stereocenters. The Hall–Kier alpha value is -3.31. The van der Waals surface area contributed by atoms with E-state index in [2.05, 4.69) is 17.2 Å². The Morgan fingerprint density at radius 3 is 2.45 bits per heavy atom. The maximum atomic E-state index is 13.8. The van der Waals surface area contributed by atoms with Gasteiger partial charge in [0, 0.05) is 31.6 Å². The first-order valence-corrected chi connectivity index (χ1v) is 12.3. The molecule has 3 unspecified atom stereocenters. The molecule has 0 aliphatic carbocycles. The fourth-order valence-corrected chi connectivity index (χ4v) is 5.16. The van der Waals surface area contributed by atoms with Crippen LogP contribution in [0.3, 0.4) is 0 Å². The summed E-state index contributed by atoms with van der Waals surface area (Å²) >= 11 is 0. The van der Waals surface area contributed by atoms with E-state index in [4.69, 9.17) is 4.84 Å². The van der Waals surface area contributed by atoms with Gasteiger partial charge in [0.2, 0.25) is 0 Å². The molecule has 0 spiro atoms. The Balaban J connectivity index is 1.93. The lowest BCUT2D eigenvalue weighted by Crippen LogP contribution is -2.59. The third-order valence-corrected chi connectivity index (χ3v) is 7.24. The maximum absolute atomic E-state index is 13.8. The second-order valence-electron chi connectivity index (χ2n) is 10.7. The van der Waals surface area contributed by atoms with E-state index in [9.17, 15) is 32.3 Å². The highest BCUT2D eigenvalue weighted by Gasteiger charge is 2.54. The molecule has 4 heterocycles. The van der Waals surface area contributed by atoms with Crippen LogP contribution < -0.4 is 26.5 Å². The predicted octanol–water partition coefficient (Wildman–Crippen LogP) is 0.410. The Bertz CT molecular complexity index is 1320. The molecule has 1 aromatic rings. The van der Waals surface area contributed by atoms with Crippen LogP contribution in [0.25, 0.3) is 0 Å². The molecule has 0 aromatic carbocycles. The molecule has 14 heteroatoms. The second kappa shape index (κ2) is 9.77. The molecule has 0 bridgehead atoms. The van der Waals surface area contributed by atoms with Gasteiger partial charge < -0.3 is 15.1 Å². The van der Waals surface area contributed by atoms with Crippen LogP contribution in [0, 0.1) is 23.2 Å². The Morgan fingerprint density at radius 2 is 1.84 bits per heavy atom. The second-order valence-corrected chi connectivity index (χ2v) is 10.7. The Kier molecular flexibility index (Phi) is 7.13. The lowest BCUT2D eigenvalue weighted by atomic mass is 9.91. The first-order chi connectivity index (χ1) is 17.7. The number of anilines is 2. The van der Waals surface area contributed by atoms with Crippen molar-refractivity contribution in [3.8, 4) is 11.8 Å². The van der Waals surface area contributed by atoms with Gasteiger partial charge in [0.15, 0.2) is 23.6 Å². The number of Topliss-reactive ketones (excluding diaryl/α,β-unsaturated/α-hetero) is 1. The van der Waals surface area contributed by atoms with E-state index < -0.39 is 41.6 Å². The third kappa shape index (κ3) is 4.69. The van der Waals surface area contributed by atoms with Crippen LogP contribution in [0.2, 0.25) is 0 Å². The van der Waals surface area contributed by atoms with Gasteiger partial charge in [-0.2, -0.15) is 13.2 Å². The van der Waals surface area contributed by atoms with Crippen molar-refractivity contribution in [2.45, 2.75) is 59.2 Å². The van der Waals surface area contributed by atoms with Crippen LogP contribution in [0.5, 0.6) is 0 Å². The maximum Gasteiger partial charge on any atom is 0.493 e. The summed E-state index contributed by atoms with van der Waals surface area (Å²) in [5.41, 5.74) is -2.84. The zero-order valence-electron chi connectivity index (χ0n) is 21.9. The molecule has 0 radical (unpaired) electrons. The number of alkyl halides is 3. The third-order valence-electron chi connectivity index (χ3n) is 7.24. The lowest BCUT2D eigenvalue weighted by Gasteiger charge is -2.39. The van der Waals surface area contributed by atoms with Crippen molar-refractivity contribution in [1.82, 2.24) is 19.4 Å². The number of nitrogens with zero attached hydrogens (tertiary/aromatic N) is 5. The van der Waals surface area contributed by atoms with Gasteiger partial charge in [0.05, 0.1) is 13.1 Å². The Labute approximate surface area is 217 Å². The average molecular weight is 541 g/mol. The zero-order chi connectivity index (χ0) is 28.2. The molecule has 4 rings (SSSR count). The van der Waals surface area contributed by atoms with Gasteiger partial charge in [-0.25, -0.2) is 9.59 Å². The van der Waals surface area contributed by atoms with E-state index in [1.165, 1.54) is 11.9 Å². The van der Waals surface area contributed by atoms with Crippen LogP contribution in [-0.2, 0) is 28.0 Å². The topological polar surface area (TPSA) is 109 Å². The molecule has 2 saturated heterocycles. The SMILES string of the molecule is CC#CCN1c2c(n(C)c(=O)n(CC(=O)C(C)(C)C)c2=O)N(OC(=O)C(F)(F)F)C1N1CCC2CNCC21. The number of hydroxylamine groups is 1. The fourth-order valence-electron chi connectivity index (χ4n) is 5.16. The van der Waals surface area contributed by atoms with Crippen molar-refractivity contribution in [3.05, 3.63) is 20.8 Å². The van der Waals surface area contributed by atoms with Crippen molar-refractivity contribution in [3.63, 3.8) is 0 Å². The standard InChI is InChI=1S/C24H31F3N6O5/c1-6-7-9-31-17-18(29(5)22(37)32(19(17)35)13-16(34)23(2,3)4)33(38-20(36)24(25,26)27)21(31)30-10-8-14-11-28-12-15(14)30/h14-15,21,28H,8-13H2,1-5H3. The molecule has 0 amide bonds. The summed E-state index contributed by atoms with van der Waals surface area (Å²) in [6.45, 7) is 7.61. The van der Waals surface area contributed by atoms with Crippen LogP contribution >= 0.6 is 0 Å². The van der Waals surface area contributed by atoms with E-state index >= 15 is 0 Å². The van der Waals surface area contributed by atoms with E-state index in [0.717, 1.165) is 22.1 Å². The van der Waals surface area contributed by atoms with Gasteiger partial charge >= 0.3 is 17.8 Å². The molecule has 1 aromatic heterocycles. The molecular formula is C24H31F3N6O5. The number of carbonyl (C=O) groups excluding carboxylic acids is 2. The van der Waals surface area contributed by atoms with Crippen LogP contribution in [0.4, 0.5) is 24.7 Å². The summed E-state index contributed by atoms with van der Waals surface area (Å²) in [6.07, 6.45) is -5.75. The number of rotatable bonds is 5. The summed E-state index contributed by atoms with van der Waals surface area (Å²) in [4.78, 5) is 60.1. The van der Waals surface area contributed by atoms with Crippen molar-refractivity contribution < 1.29 is 27.6 Å². The minimum absolute atomic E-state index is 0.101. The molecular weight excluding hydrogens is 509 g/mol. The Morgan fingerprint density at radius 1 is 1.16 bits per heavy atom. The number of aromatic nitrogens is 2. The smallest absolute Gasteiger partial charge is 0.327 e. The first-order valence-electron chi connectivity index (χ1n) is 12.3. The number of carbonyl (C=O) groups is 2. The number of halogens is 3. The van der Waals surface area contributed by atoms with Gasteiger partial charge in [-0.05, 0) is 25.8 Å². The highest BCUT2D eigenvalue weighted by Crippen LogP contribution is 2.41. The summed E-state index contributed by atoms with van der Waals surface area (Å²) in [5.74, 6) is 2.58. The average Bonchev–Trinajstić information content (AvgIpc) is 3.51. The molecule has 208 valence electrons. The van der Waals surface area contributed by atoms with Gasteiger partial charge in [0.1, 0.15) is 0 Å². The van der Waals surface area contributed by atoms with Crippen molar-refractivity contribution in [2.24, 2.45) is 18.4 Å². The minimum atomic E-state index is -5.32. The van der Waals surface area contributed by atoms with E-state index in [0.29, 0.717) is 18.2 Å². The summed E-state index contributed by atoms with van der Waals surface area (Å²) < 4.78 is 41.7. The van der Waals surface area contributed by atoms with Crippen LogP contribution in [0.15, 0.2) is 9.59 Å². The van der Waals surface area contributed by atoms with Gasteiger partial charge in [-0.1, -0.05) is 26.7 Å². The van der Waals surface area contributed by atoms with E-state index in [1.807, 2.05) is 4.90 Å². The van der Waals surface area contributed by atoms with Crippen LogP contribution in [0.1, 0.15) is 34.1 Å². The van der Waals surface area contributed by atoms with Crippen molar-refractivity contribution in [1.29, 1.82) is 0 Å². The monoisotopic (exact) mass is 540 g/mol. The first kappa shape index (κ1) is 27.7. The van der Waals surface area contributed by atoms with Crippen molar-refractivity contribution in [2.75, 3.05) is 36.1 Å². The number of hydrogen-bond acceptors (Lipinski definition) is 9. The van der Waals surface area contributed by atoms with Crippen molar-refractivity contribution >= 4 is 23.3 Å². The number of hydrogen-bond donors (Lipinski definition) is 1. The summed E-state index contributed by atoms with van der Waals surface area (Å²) in [6, 6.07) is -0.111. The highest BCUT2D eigenvalue weighted by molar-refractivity contribution is 5.84. The molecule has 3 aliphatic heterocycles. The molecule has 0 saturated carbocycles. The fraction of sp³-hybridized carbons (Fsp3) is 0.667. The lowest BCUT2D eigenvalue weighted by molar-refractivity contribution is -0.203. The molecule has 3 aliphatic rings.